The van der Waals surface area contributed by atoms with Crippen molar-refractivity contribution in [1.82, 2.24) is 15.5 Å². The second kappa shape index (κ2) is 13.5. The smallest absolute Gasteiger partial charge is 0.408 e. The Labute approximate surface area is 209 Å². The number of aliphatic hydroxyl groups excluding tert-OH is 1. The first-order valence-corrected chi connectivity index (χ1v) is 12.8. The molecule has 0 aliphatic heterocycles. The van der Waals surface area contributed by atoms with E-state index in [0.717, 1.165) is 43.2 Å². The van der Waals surface area contributed by atoms with Gasteiger partial charge in [-0.3, -0.25) is 9.59 Å². The van der Waals surface area contributed by atoms with Crippen molar-refractivity contribution in [1.29, 1.82) is 0 Å². The van der Waals surface area contributed by atoms with Crippen molar-refractivity contribution in [2.75, 3.05) is 13.2 Å². The van der Waals surface area contributed by atoms with Crippen LogP contribution in [0.3, 0.4) is 0 Å². The van der Waals surface area contributed by atoms with Gasteiger partial charge in [0, 0.05) is 12.6 Å². The van der Waals surface area contributed by atoms with Crippen LogP contribution in [0.5, 0.6) is 0 Å². The fourth-order valence-corrected chi connectivity index (χ4v) is 4.40. The van der Waals surface area contributed by atoms with E-state index >= 15 is 0 Å². The molecule has 2 rings (SSSR count). The van der Waals surface area contributed by atoms with Crippen LogP contribution in [0, 0.1) is 6.92 Å². The zero-order chi connectivity index (χ0) is 26.0. The Morgan fingerprint density at radius 2 is 1.80 bits per heavy atom. The normalized spacial score (nSPS) is 16.2. The average Bonchev–Trinajstić information content (AvgIpc) is 2.80. The minimum atomic E-state index is -1.23. The molecule has 1 aromatic carbocycles. The number of nitrogens with one attached hydrogen (secondary N) is 2. The van der Waals surface area contributed by atoms with Gasteiger partial charge in [-0.1, -0.05) is 56.9 Å². The van der Waals surface area contributed by atoms with Crippen LogP contribution in [0.4, 0.5) is 4.79 Å². The predicted molar refractivity (Wildman–Crippen MR) is 136 cm³/mol. The first kappa shape index (κ1) is 28.6. The number of hydrogen-bond donors (Lipinski definition) is 3. The van der Waals surface area contributed by atoms with Gasteiger partial charge in [-0.25, -0.2) is 4.79 Å². The highest BCUT2D eigenvalue weighted by Gasteiger charge is 2.37. The number of benzene rings is 1. The number of amides is 3. The van der Waals surface area contributed by atoms with Gasteiger partial charge in [0.15, 0.2) is 0 Å². The van der Waals surface area contributed by atoms with E-state index in [1.54, 1.807) is 20.8 Å². The molecule has 0 spiro atoms. The van der Waals surface area contributed by atoms with Gasteiger partial charge in [0.05, 0.1) is 6.61 Å². The summed E-state index contributed by atoms with van der Waals surface area (Å²) in [6.07, 6.45) is 5.87. The van der Waals surface area contributed by atoms with Crippen molar-refractivity contribution < 1.29 is 24.2 Å². The summed E-state index contributed by atoms with van der Waals surface area (Å²) in [7, 11) is 0. The van der Waals surface area contributed by atoms with E-state index in [-0.39, 0.29) is 11.9 Å². The Balaban J connectivity index is 2.39. The van der Waals surface area contributed by atoms with Crippen molar-refractivity contribution in [2.45, 2.75) is 103 Å². The molecule has 0 saturated heterocycles. The second-order valence-electron chi connectivity index (χ2n) is 10.4. The molecule has 1 aromatic rings. The topological polar surface area (TPSA) is 108 Å². The molecule has 0 heterocycles. The molecule has 3 N–H and O–H groups in total. The molecule has 1 fully saturated rings. The van der Waals surface area contributed by atoms with E-state index in [9.17, 15) is 19.5 Å². The maximum atomic E-state index is 13.7. The maximum Gasteiger partial charge on any atom is 0.408 e. The highest BCUT2D eigenvalue weighted by molar-refractivity contribution is 5.92. The average molecular weight is 490 g/mol. The molecule has 1 aliphatic rings. The number of aliphatic hydroxyl groups is 1. The van der Waals surface area contributed by atoms with E-state index in [1.165, 1.54) is 11.3 Å². The number of hydrogen-bond acceptors (Lipinski definition) is 5. The molecule has 8 heteroatoms. The van der Waals surface area contributed by atoms with Crippen LogP contribution in [0.15, 0.2) is 24.3 Å². The lowest BCUT2D eigenvalue weighted by atomic mass is 9.93. The minimum Gasteiger partial charge on any atom is -0.444 e. The number of rotatable bonds is 10. The predicted octanol–water partition coefficient (Wildman–Crippen LogP) is 4.00. The molecule has 0 bridgehead atoms. The van der Waals surface area contributed by atoms with Crippen LogP contribution in [0.2, 0.25) is 0 Å². The maximum absolute atomic E-state index is 13.7. The van der Waals surface area contributed by atoms with Crippen LogP contribution < -0.4 is 10.6 Å². The second-order valence-corrected chi connectivity index (χ2v) is 10.4. The molecule has 3 amide bonds. The van der Waals surface area contributed by atoms with Gasteiger partial charge in [-0.05, 0) is 58.1 Å². The zero-order valence-electron chi connectivity index (χ0n) is 21.9. The van der Waals surface area contributed by atoms with Crippen LogP contribution in [0.25, 0.3) is 0 Å². The van der Waals surface area contributed by atoms with E-state index in [4.69, 9.17) is 4.74 Å². The summed E-state index contributed by atoms with van der Waals surface area (Å²) in [5.74, 6) is -0.747. The summed E-state index contributed by atoms with van der Waals surface area (Å²) < 4.78 is 5.28. The number of carbonyl (C=O) groups excluding carboxylic acids is 3. The van der Waals surface area contributed by atoms with Crippen molar-refractivity contribution in [3.63, 3.8) is 0 Å². The molecular formula is C27H43N3O5. The van der Waals surface area contributed by atoms with E-state index in [0.29, 0.717) is 13.0 Å². The number of ether oxygens (including phenoxy) is 1. The van der Waals surface area contributed by atoms with E-state index in [2.05, 4.69) is 10.6 Å². The highest BCUT2D eigenvalue weighted by atomic mass is 16.6. The fourth-order valence-electron chi connectivity index (χ4n) is 4.40. The first-order chi connectivity index (χ1) is 16.6. The largest absolute Gasteiger partial charge is 0.444 e. The van der Waals surface area contributed by atoms with Crippen molar-refractivity contribution >= 4 is 17.9 Å². The molecule has 2 unspecified atom stereocenters. The third kappa shape index (κ3) is 8.84. The zero-order valence-corrected chi connectivity index (χ0v) is 21.9. The third-order valence-corrected chi connectivity index (χ3v) is 6.20. The van der Waals surface area contributed by atoms with Crippen molar-refractivity contribution in [2.24, 2.45) is 0 Å². The molecule has 8 nitrogen and oxygen atoms in total. The summed E-state index contributed by atoms with van der Waals surface area (Å²) in [4.78, 5) is 41.3. The molecule has 35 heavy (non-hydrogen) atoms. The summed E-state index contributed by atoms with van der Waals surface area (Å²) >= 11 is 0. The quantitative estimate of drug-likeness (QED) is 0.460. The standard InChI is InChI=1S/C27H43N3O5/c1-6-7-17-30(25(33)22(18-31)29-26(34)35-27(3,4)5)23(21-16-12-11-13-19(21)2)24(32)28-20-14-9-8-10-15-20/h11-13,16,20,22-23,31H,6-10,14-15,17-18H2,1-5H3,(H,28,32)(H,29,34). The summed E-state index contributed by atoms with van der Waals surface area (Å²) in [5, 5.41) is 15.7. The van der Waals surface area contributed by atoms with Crippen molar-refractivity contribution in [3.8, 4) is 0 Å². The molecule has 0 aromatic heterocycles. The highest BCUT2D eigenvalue weighted by Crippen LogP contribution is 2.27. The van der Waals surface area contributed by atoms with Gasteiger partial charge >= 0.3 is 6.09 Å². The molecular weight excluding hydrogens is 446 g/mol. The summed E-state index contributed by atoms with van der Waals surface area (Å²) in [6.45, 7) is 8.81. The number of alkyl carbamates (subject to hydrolysis) is 1. The monoisotopic (exact) mass is 489 g/mol. The summed E-state index contributed by atoms with van der Waals surface area (Å²) in [6, 6.07) is 5.52. The van der Waals surface area contributed by atoms with Gasteiger partial charge in [-0.2, -0.15) is 0 Å². The third-order valence-electron chi connectivity index (χ3n) is 6.20. The fraction of sp³-hybridized carbons (Fsp3) is 0.667. The van der Waals surface area contributed by atoms with Gasteiger partial charge in [0.2, 0.25) is 11.8 Å². The Hall–Kier alpha value is -2.61. The minimum absolute atomic E-state index is 0.0828. The van der Waals surface area contributed by atoms with E-state index in [1.807, 2.05) is 38.1 Å². The van der Waals surface area contributed by atoms with Gasteiger partial charge in [0.25, 0.3) is 0 Å². The lowest BCUT2D eigenvalue weighted by Crippen LogP contribution is -2.55. The van der Waals surface area contributed by atoms with E-state index < -0.39 is 36.3 Å². The van der Waals surface area contributed by atoms with Crippen LogP contribution in [-0.4, -0.2) is 58.8 Å². The lowest BCUT2D eigenvalue weighted by molar-refractivity contribution is -0.143. The number of unbranched alkanes of at least 4 members (excludes halogenated alkanes) is 1. The Morgan fingerprint density at radius 1 is 1.14 bits per heavy atom. The van der Waals surface area contributed by atoms with Crippen LogP contribution in [0.1, 0.15) is 89.8 Å². The number of aryl methyl sites for hydroxylation is 1. The first-order valence-electron chi connectivity index (χ1n) is 12.8. The van der Waals surface area contributed by atoms with Gasteiger partial charge < -0.3 is 25.4 Å². The van der Waals surface area contributed by atoms with Crippen LogP contribution in [-0.2, 0) is 14.3 Å². The molecule has 1 aliphatic carbocycles. The van der Waals surface area contributed by atoms with Crippen LogP contribution >= 0.6 is 0 Å². The molecule has 2 atom stereocenters. The summed E-state index contributed by atoms with van der Waals surface area (Å²) in [5.41, 5.74) is 0.879. The molecule has 1 saturated carbocycles. The number of nitrogens with zero attached hydrogens (tertiary/aromatic N) is 1. The van der Waals surface area contributed by atoms with Crippen molar-refractivity contribution in [3.05, 3.63) is 35.4 Å². The Morgan fingerprint density at radius 3 is 2.37 bits per heavy atom. The molecule has 0 radical (unpaired) electrons. The number of carbonyl (C=O) groups is 3. The van der Waals surface area contributed by atoms with Gasteiger partial charge in [0.1, 0.15) is 17.7 Å². The Kier molecular flexibility index (Phi) is 11.0. The SMILES string of the molecule is CCCCN(C(=O)C(CO)NC(=O)OC(C)(C)C)C(C(=O)NC1CCCCC1)c1ccccc1C. The lowest BCUT2D eigenvalue weighted by Gasteiger charge is -2.36. The van der Waals surface area contributed by atoms with Gasteiger partial charge in [-0.15, -0.1) is 0 Å². The Bertz CT molecular complexity index is 845. The molecule has 196 valence electrons.